The minimum Gasteiger partial charge on any atom is -0.447 e. The molecule has 1 aliphatic heterocycles. The smallest absolute Gasteiger partial charge is 0.416 e. The van der Waals surface area contributed by atoms with Gasteiger partial charge in [-0.15, -0.1) is 0 Å². The molecule has 26 heavy (non-hydrogen) atoms. The van der Waals surface area contributed by atoms with Gasteiger partial charge < -0.3 is 4.74 Å². The van der Waals surface area contributed by atoms with Crippen molar-refractivity contribution in [1.29, 1.82) is 0 Å². The highest BCUT2D eigenvalue weighted by Gasteiger charge is 2.39. The minimum absolute atomic E-state index is 0.0736. The Morgan fingerprint density at radius 2 is 1.69 bits per heavy atom. The SMILES string of the molecule is O=C(CC(c1ccccc1)C(F)F)N1C(=O)OCC1Cc1ccccc1. The van der Waals surface area contributed by atoms with E-state index in [0.717, 1.165) is 10.5 Å². The zero-order valence-corrected chi connectivity index (χ0v) is 14.1. The van der Waals surface area contributed by atoms with Crippen LogP contribution in [-0.4, -0.2) is 36.0 Å². The van der Waals surface area contributed by atoms with Crippen LogP contribution >= 0.6 is 0 Å². The average Bonchev–Trinajstić information content (AvgIpc) is 3.01. The number of carbonyl (C=O) groups is 2. The van der Waals surface area contributed by atoms with Crippen LogP contribution in [0.25, 0.3) is 0 Å². The first-order valence-corrected chi connectivity index (χ1v) is 8.42. The van der Waals surface area contributed by atoms with Gasteiger partial charge in [-0.3, -0.25) is 4.79 Å². The zero-order valence-electron chi connectivity index (χ0n) is 14.1. The van der Waals surface area contributed by atoms with E-state index in [1.165, 1.54) is 0 Å². The predicted octanol–water partition coefficient (Wildman–Crippen LogP) is 4.02. The number of alkyl halides is 2. The predicted molar refractivity (Wildman–Crippen MR) is 91.9 cm³/mol. The summed E-state index contributed by atoms with van der Waals surface area (Å²) in [6, 6.07) is 17.0. The van der Waals surface area contributed by atoms with Crippen LogP contribution in [0.2, 0.25) is 0 Å². The van der Waals surface area contributed by atoms with Crippen LogP contribution in [0, 0.1) is 0 Å². The molecule has 4 nitrogen and oxygen atoms in total. The quantitative estimate of drug-likeness (QED) is 0.783. The maximum Gasteiger partial charge on any atom is 0.416 e. The van der Waals surface area contributed by atoms with Crippen LogP contribution < -0.4 is 0 Å². The lowest BCUT2D eigenvalue weighted by Crippen LogP contribution is -2.41. The zero-order chi connectivity index (χ0) is 18.5. The lowest BCUT2D eigenvalue weighted by atomic mass is 9.95. The standard InChI is InChI=1S/C20H19F2NO3/c21-19(22)17(15-9-5-2-6-10-15)12-18(24)23-16(13-26-20(23)25)11-14-7-3-1-4-8-14/h1-10,16-17,19H,11-13H2. The molecule has 1 saturated heterocycles. The van der Waals surface area contributed by atoms with Gasteiger partial charge >= 0.3 is 6.09 Å². The van der Waals surface area contributed by atoms with Gasteiger partial charge in [0.05, 0.1) is 12.0 Å². The Balaban J connectivity index is 1.74. The Labute approximate surface area is 150 Å². The summed E-state index contributed by atoms with van der Waals surface area (Å²) in [6.07, 6.45) is -3.48. The third-order valence-electron chi connectivity index (χ3n) is 4.47. The Morgan fingerprint density at radius 3 is 2.31 bits per heavy atom. The van der Waals surface area contributed by atoms with Crippen molar-refractivity contribution in [2.24, 2.45) is 0 Å². The maximum absolute atomic E-state index is 13.5. The molecule has 0 saturated carbocycles. The number of hydrogen-bond acceptors (Lipinski definition) is 3. The van der Waals surface area contributed by atoms with Crippen molar-refractivity contribution in [3.05, 3.63) is 71.8 Å². The molecule has 2 atom stereocenters. The summed E-state index contributed by atoms with van der Waals surface area (Å²) >= 11 is 0. The summed E-state index contributed by atoms with van der Waals surface area (Å²) in [5.41, 5.74) is 1.32. The van der Waals surface area contributed by atoms with Crippen LogP contribution in [0.5, 0.6) is 0 Å². The molecule has 0 aliphatic carbocycles. The largest absolute Gasteiger partial charge is 0.447 e. The Morgan fingerprint density at radius 1 is 1.08 bits per heavy atom. The van der Waals surface area contributed by atoms with E-state index in [-0.39, 0.29) is 6.61 Å². The van der Waals surface area contributed by atoms with E-state index < -0.39 is 36.8 Å². The fourth-order valence-corrected chi connectivity index (χ4v) is 3.14. The van der Waals surface area contributed by atoms with Crippen LogP contribution in [0.15, 0.2) is 60.7 Å². The number of cyclic esters (lactones) is 1. The Kier molecular flexibility index (Phi) is 5.61. The number of halogens is 2. The lowest BCUT2D eigenvalue weighted by Gasteiger charge is -2.23. The first-order chi connectivity index (χ1) is 12.6. The molecule has 0 spiro atoms. The molecule has 0 aromatic heterocycles. The van der Waals surface area contributed by atoms with Gasteiger partial charge in [0.1, 0.15) is 6.61 Å². The van der Waals surface area contributed by atoms with E-state index in [0.29, 0.717) is 12.0 Å². The van der Waals surface area contributed by atoms with Crippen LogP contribution in [0.3, 0.4) is 0 Å². The number of nitrogens with zero attached hydrogens (tertiary/aromatic N) is 1. The van der Waals surface area contributed by atoms with Crippen molar-refractivity contribution in [3.63, 3.8) is 0 Å². The van der Waals surface area contributed by atoms with Gasteiger partial charge in [-0.2, -0.15) is 0 Å². The lowest BCUT2D eigenvalue weighted by molar-refractivity contribution is -0.130. The average molecular weight is 359 g/mol. The van der Waals surface area contributed by atoms with Gasteiger partial charge in [0, 0.05) is 6.42 Å². The summed E-state index contributed by atoms with van der Waals surface area (Å²) in [5, 5.41) is 0. The Hall–Kier alpha value is -2.76. The van der Waals surface area contributed by atoms with Crippen molar-refractivity contribution < 1.29 is 23.1 Å². The fourth-order valence-electron chi connectivity index (χ4n) is 3.14. The van der Waals surface area contributed by atoms with Gasteiger partial charge in [-0.1, -0.05) is 60.7 Å². The van der Waals surface area contributed by atoms with Gasteiger partial charge in [-0.05, 0) is 17.5 Å². The maximum atomic E-state index is 13.5. The highest BCUT2D eigenvalue weighted by atomic mass is 19.3. The minimum atomic E-state index is -2.70. The van der Waals surface area contributed by atoms with E-state index in [1.54, 1.807) is 30.3 Å². The normalized spacial score (nSPS) is 18.0. The van der Waals surface area contributed by atoms with Gasteiger partial charge in [0.2, 0.25) is 12.3 Å². The molecule has 0 radical (unpaired) electrons. The number of ether oxygens (including phenoxy) is 1. The number of imide groups is 1. The van der Waals surface area contributed by atoms with Crippen molar-refractivity contribution >= 4 is 12.0 Å². The van der Waals surface area contributed by atoms with Crippen molar-refractivity contribution in [3.8, 4) is 0 Å². The molecule has 136 valence electrons. The highest BCUT2D eigenvalue weighted by molar-refractivity contribution is 5.94. The van der Waals surface area contributed by atoms with Gasteiger partial charge in [-0.25, -0.2) is 18.5 Å². The summed E-state index contributed by atoms with van der Waals surface area (Å²) < 4.78 is 32.0. The first kappa shape index (κ1) is 18.0. The second kappa shape index (κ2) is 8.08. The molecule has 1 heterocycles. The molecule has 1 fully saturated rings. The second-order valence-corrected chi connectivity index (χ2v) is 6.24. The summed E-state index contributed by atoms with van der Waals surface area (Å²) in [4.78, 5) is 25.6. The fraction of sp³-hybridized carbons (Fsp3) is 0.300. The van der Waals surface area contributed by atoms with E-state index >= 15 is 0 Å². The molecule has 2 aromatic rings. The summed E-state index contributed by atoms with van der Waals surface area (Å²) in [5.74, 6) is -1.89. The molecule has 2 aromatic carbocycles. The van der Waals surface area contributed by atoms with E-state index in [4.69, 9.17) is 4.74 Å². The van der Waals surface area contributed by atoms with Gasteiger partial charge in [0.15, 0.2) is 0 Å². The monoisotopic (exact) mass is 359 g/mol. The van der Waals surface area contributed by atoms with E-state index in [1.807, 2.05) is 30.3 Å². The molecular formula is C20H19F2NO3. The molecule has 2 unspecified atom stereocenters. The number of carbonyl (C=O) groups excluding carboxylic acids is 2. The molecule has 1 aliphatic rings. The topological polar surface area (TPSA) is 46.6 Å². The Bertz CT molecular complexity index is 752. The number of benzene rings is 2. The number of rotatable bonds is 6. The summed E-state index contributed by atoms with van der Waals surface area (Å²) in [7, 11) is 0. The molecular weight excluding hydrogens is 340 g/mol. The van der Waals surface area contributed by atoms with Crippen LogP contribution in [0.1, 0.15) is 23.5 Å². The van der Waals surface area contributed by atoms with Gasteiger partial charge in [0.25, 0.3) is 0 Å². The molecule has 2 amide bonds. The molecule has 0 N–H and O–H groups in total. The highest BCUT2D eigenvalue weighted by Crippen LogP contribution is 2.29. The van der Waals surface area contributed by atoms with E-state index in [2.05, 4.69) is 0 Å². The van der Waals surface area contributed by atoms with Crippen molar-refractivity contribution in [2.45, 2.75) is 31.2 Å². The van der Waals surface area contributed by atoms with E-state index in [9.17, 15) is 18.4 Å². The summed E-state index contributed by atoms with van der Waals surface area (Å²) in [6.45, 7) is 0.0736. The second-order valence-electron chi connectivity index (χ2n) is 6.24. The molecule has 3 rings (SSSR count). The van der Waals surface area contributed by atoms with Crippen LogP contribution in [-0.2, 0) is 16.0 Å². The molecule has 0 bridgehead atoms. The van der Waals surface area contributed by atoms with Crippen molar-refractivity contribution in [1.82, 2.24) is 4.90 Å². The molecule has 6 heteroatoms. The van der Waals surface area contributed by atoms with Crippen molar-refractivity contribution in [2.75, 3.05) is 6.61 Å². The van der Waals surface area contributed by atoms with Crippen LogP contribution in [0.4, 0.5) is 13.6 Å². The number of hydrogen-bond donors (Lipinski definition) is 0. The number of amides is 2. The third-order valence-corrected chi connectivity index (χ3v) is 4.47. The third kappa shape index (κ3) is 4.07. The first-order valence-electron chi connectivity index (χ1n) is 8.42.